The summed E-state index contributed by atoms with van der Waals surface area (Å²) in [5.74, 6) is 5.57. The van der Waals surface area contributed by atoms with Crippen molar-refractivity contribution in [3.63, 3.8) is 0 Å². The van der Waals surface area contributed by atoms with Gasteiger partial charge < -0.3 is 14.5 Å². The van der Waals surface area contributed by atoms with Crippen molar-refractivity contribution >= 4 is 11.6 Å². The maximum Gasteiger partial charge on any atom is 0.416 e. The average Bonchev–Trinajstić information content (AvgIpc) is 3.21. The maximum atomic E-state index is 12.6. The third-order valence-corrected chi connectivity index (χ3v) is 5.73. The summed E-state index contributed by atoms with van der Waals surface area (Å²) in [6.45, 7) is 0.947. The van der Waals surface area contributed by atoms with Crippen LogP contribution in [0.5, 0.6) is 5.75 Å². The van der Waals surface area contributed by atoms with Crippen LogP contribution in [0.1, 0.15) is 36.0 Å². The fraction of sp³-hybridized carbons (Fsp3) is 0.333. The van der Waals surface area contributed by atoms with Crippen LogP contribution in [0.15, 0.2) is 53.7 Å². The van der Waals surface area contributed by atoms with Gasteiger partial charge in [-0.3, -0.25) is 4.79 Å². The molecule has 1 saturated heterocycles. The van der Waals surface area contributed by atoms with Gasteiger partial charge in [-0.1, -0.05) is 23.2 Å². The number of nitrogens with zero attached hydrogens (tertiary/aromatic N) is 2. The number of amides is 1. The van der Waals surface area contributed by atoms with Gasteiger partial charge in [0.05, 0.1) is 18.4 Å². The molecule has 0 aromatic heterocycles. The smallest absolute Gasteiger partial charge is 0.416 e. The van der Waals surface area contributed by atoms with Gasteiger partial charge >= 0.3 is 6.18 Å². The highest BCUT2D eigenvalue weighted by Gasteiger charge is 2.43. The Balaban J connectivity index is 1.33. The van der Waals surface area contributed by atoms with Crippen molar-refractivity contribution in [2.24, 2.45) is 5.16 Å². The normalized spacial score (nSPS) is 17.2. The van der Waals surface area contributed by atoms with E-state index in [4.69, 9.17) is 9.57 Å². The topological polar surface area (TPSA) is 51.1 Å². The van der Waals surface area contributed by atoms with Crippen molar-refractivity contribution in [3.05, 3.63) is 65.2 Å². The van der Waals surface area contributed by atoms with E-state index < -0.39 is 17.3 Å². The van der Waals surface area contributed by atoms with Crippen LogP contribution >= 0.6 is 0 Å². The van der Waals surface area contributed by atoms with Crippen molar-refractivity contribution in [2.45, 2.75) is 31.0 Å². The largest absolute Gasteiger partial charge is 0.497 e. The molecule has 0 unspecified atom stereocenters. The van der Waals surface area contributed by atoms with Gasteiger partial charge in [-0.25, -0.2) is 0 Å². The van der Waals surface area contributed by atoms with Gasteiger partial charge in [0.25, 0.3) is 5.91 Å². The van der Waals surface area contributed by atoms with E-state index in [0.717, 1.165) is 29.2 Å². The van der Waals surface area contributed by atoms with Crippen LogP contribution in [-0.2, 0) is 15.8 Å². The lowest BCUT2D eigenvalue weighted by atomic mass is 9.85. The number of carbonyl (C=O) groups excluding carboxylic acids is 1. The minimum absolute atomic E-state index is 0.355. The molecule has 1 amide bonds. The molecule has 4 rings (SSSR count). The van der Waals surface area contributed by atoms with E-state index in [2.05, 4.69) is 17.0 Å². The Morgan fingerprint density at radius 1 is 1.16 bits per heavy atom. The summed E-state index contributed by atoms with van der Waals surface area (Å²) in [6.07, 6.45) is -2.50. The van der Waals surface area contributed by atoms with Crippen molar-refractivity contribution < 1.29 is 27.5 Å². The minimum Gasteiger partial charge on any atom is -0.497 e. The van der Waals surface area contributed by atoms with E-state index in [-0.39, 0.29) is 5.91 Å². The monoisotopic (exact) mass is 442 g/mol. The summed E-state index contributed by atoms with van der Waals surface area (Å²) >= 11 is 0. The molecular weight excluding hydrogens is 421 g/mol. The number of carbonyl (C=O) groups is 1. The molecule has 0 atom stereocenters. The van der Waals surface area contributed by atoms with Gasteiger partial charge in [-0.05, 0) is 36.4 Å². The second kappa shape index (κ2) is 8.58. The van der Waals surface area contributed by atoms with Crippen molar-refractivity contribution in [2.75, 3.05) is 20.2 Å². The second-order valence-corrected chi connectivity index (χ2v) is 7.84. The van der Waals surface area contributed by atoms with E-state index in [9.17, 15) is 18.0 Å². The summed E-state index contributed by atoms with van der Waals surface area (Å²) in [4.78, 5) is 19.9. The van der Waals surface area contributed by atoms with Crippen LogP contribution in [0.25, 0.3) is 0 Å². The van der Waals surface area contributed by atoms with E-state index in [1.54, 1.807) is 12.0 Å². The highest BCUT2D eigenvalue weighted by molar-refractivity contribution is 6.02. The predicted octanol–water partition coefficient (Wildman–Crippen LogP) is 4.25. The molecular formula is C24H21F3N2O3. The Bertz CT molecular complexity index is 1090. The van der Waals surface area contributed by atoms with Gasteiger partial charge in [0, 0.05) is 49.4 Å². The third-order valence-electron chi connectivity index (χ3n) is 5.73. The number of halogens is 3. The van der Waals surface area contributed by atoms with Crippen LogP contribution in [0.4, 0.5) is 13.2 Å². The lowest BCUT2D eigenvalue weighted by Crippen LogP contribution is -2.46. The molecule has 166 valence electrons. The number of likely N-dealkylation sites (tertiary alicyclic amines) is 1. The highest BCUT2D eigenvalue weighted by Crippen LogP contribution is 2.36. The number of methoxy groups -OCH3 is 1. The number of alkyl halides is 3. The fourth-order valence-electron chi connectivity index (χ4n) is 3.81. The molecule has 2 aromatic rings. The maximum absolute atomic E-state index is 12.6. The highest BCUT2D eigenvalue weighted by atomic mass is 19.4. The van der Waals surface area contributed by atoms with Crippen LogP contribution in [0, 0.1) is 11.8 Å². The molecule has 2 heterocycles. The number of hydrogen-bond acceptors (Lipinski definition) is 4. The van der Waals surface area contributed by atoms with Crippen molar-refractivity contribution in [1.29, 1.82) is 0 Å². The molecule has 0 radical (unpaired) electrons. The lowest BCUT2D eigenvalue weighted by molar-refractivity contribution is -0.137. The molecule has 32 heavy (non-hydrogen) atoms. The summed E-state index contributed by atoms with van der Waals surface area (Å²) < 4.78 is 43.2. The minimum atomic E-state index is -4.40. The molecule has 0 bridgehead atoms. The predicted molar refractivity (Wildman–Crippen MR) is 112 cm³/mol. The Morgan fingerprint density at radius 2 is 1.88 bits per heavy atom. The Morgan fingerprint density at radius 3 is 2.53 bits per heavy atom. The van der Waals surface area contributed by atoms with Crippen LogP contribution in [0.3, 0.4) is 0 Å². The molecule has 5 nitrogen and oxygen atoms in total. The van der Waals surface area contributed by atoms with Crippen LogP contribution in [0.2, 0.25) is 0 Å². The standard InChI is InChI=1S/C24H21F3N2O3/c1-31-20-4-2-3-18(15-20)21-16-23(32-28-21)11-13-29(14-12-23)22(30)10-7-17-5-8-19(9-6-17)24(25,26)27/h2-6,8-9,15H,11-14,16H2,1H3. The molecule has 2 aliphatic rings. The van der Waals surface area contributed by atoms with Gasteiger partial charge in [0.15, 0.2) is 0 Å². The quantitative estimate of drug-likeness (QED) is 0.654. The van der Waals surface area contributed by atoms with Gasteiger partial charge in [-0.15, -0.1) is 0 Å². The number of rotatable bonds is 2. The zero-order chi connectivity index (χ0) is 22.8. The van der Waals surface area contributed by atoms with Crippen LogP contribution < -0.4 is 4.74 Å². The summed E-state index contributed by atoms with van der Waals surface area (Å²) in [5.41, 5.74) is 0.974. The third kappa shape index (κ3) is 4.72. The van der Waals surface area contributed by atoms with Gasteiger partial charge in [-0.2, -0.15) is 13.2 Å². The number of oxime groups is 1. The van der Waals surface area contributed by atoms with Gasteiger partial charge in [0.1, 0.15) is 11.4 Å². The molecule has 0 N–H and O–H groups in total. The average molecular weight is 442 g/mol. The first-order valence-electron chi connectivity index (χ1n) is 10.2. The zero-order valence-corrected chi connectivity index (χ0v) is 17.4. The Hall–Kier alpha value is -3.47. The molecule has 8 heteroatoms. The lowest BCUT2D eigenvalue weighted by Gasteiger charge is -2.36. The summed E-state index contributed by atoms with van der Waals surface area (Å²) in [7, 11) is 1.61. The van der Waals surface area contributed by atoms with Crippen molar-refractivity contribution in [1.82, 2.24) is 4.90 Å². The Kier molecular flexibility index (Phi) is 5.83. The molecule has 2 aliphatic heterocycles. The number of benzene rings is 2. The molecule has 2 aromatic carbocycles. The first kappa shape index (κ1) is 21.8. The van der Waals surface area contributed by atoms with Crippen molar-refractivity contribution in [3.8, 4) is 17.6 Å². The second-order valence-electron chi connectivity index (χ2n) is 7.84. The van der Waals surface area contributed by atoms with E-state index >= 15 is 0 Å². The Labute approximate surface area is 183 Å². The summed E-state index contributed by atoms with van der Waals surface area (Å²) in [5, 5.41) is 4.28. The van der Waals surface area contributed by atoms with Gasteiger partial charge in [0.2, 0.25) is 0 Å². The first-order chi connectivity index (χ1) is 15.3. The number of hydrogen-bond donors (Lipinski definition) is 0. The summed E-state index contributed by atoms with van der Waals surface area (Å²) in [6, 6.07) is 12.1. The molecule has 1 spiro atoms. The van der Waals surface area contributed by atoms with Crippen LogP contribution in [-0.4, -0.2) is 42.3 Å². The molecule has 1 fully saturated rings. The first-order valence-corrected chi connectivity index (χ1v) is 10.2. The SMILES string of the molecule is COc1cccc(C2=NOC3(CCN(C(=O)C#Cc4ccc(C(F)(F)F)cc4)CC3)C2)c1. The zero-order valence-electron chi connectivity index (χ0n) is 17.4. The molecule has 0 aliphatic carbocycles. The fourth-order valence-corrected chi connectivity index (χ4v) is 3.81. The number of ether oxygens (including phenoxy) is 1. The van der Waals surface area contributed by atoms with E-state index in [1.807, 2.05) is 24.3 Å². The van der Waals surface area contributed by atoms with E-state index in [0.29, 0.717) is 37.9 Å². The van der Waals surface area contributed by atoms with E-state index in [1.165, 1.54) is 12.1 Å². The number of piperidine rings is 1. The molecule has 0 saturated carbocycles.